The van der Waals surface area contributed by atoms with Gasteiger partial charge in [-0.1, -0.05) is 54.6 Å². The summed E-state index contributed by atoms with van der Waals surface area (Å²) in [7, 11) is 1.51. The number of nitrogens with zero attached hydrogens (tertiary/aromatic N) is 1. The molecule has 0 saturated carbocycles. The van der Waals surface area contributed by atoms with Gasteiger partial charge in [-0.05, 0) is 34.5 Å². The topological polar surface area (TPSA) is 50.1 Å². The highest BCUT2D eigenvalue weighted by Gasteiger charge is 2.16. The molecule has 0 amide bonds. The van der Waals surface area contributed by atoms with E-state index >= 15 is 0 Å². The number of methoxy groups -OCH3 is 1. The van der Waals surface area contributed by atoms with Crippen molar-refractivity contribution in [1.82, 2.24) is 0 Å². The number of allylic oxidation sites excluding steroid dienone is 1. The van der Waals surface area contributed by atoms with Crippen LogP contribution >= 0.6 is 0 Å². The number of carbonyl (C=O) groups excluding carboxylic acids is 1. The van der Waals surface area contributed by atoms with Gasteiger partial charge >= 0.3 is 0 Å². The van der Waals surface area contributed by atoms with E-state index in [1.807, 2.05) is 48.5 Å². The van der Waals surface area contributed by atoms with Crippen LogP contribution in [-0.2, 0) is 0 Å². The third-order valence-electron chi connectivity index (χ3n) is 3.84. The van der Waals surface area contributed by atoms with Gasteiger partial charge in [0.15, 0.2) is 0 Å². The van der Waals surface area contributed by atoms with Gasteiger partial charge in [0.25, 0.3) is 0 Å². The molecule has 3 aromatic rings. The fourth-order valence-electron chi connectivity index (χ4n) is 2.66. The van der Waals surface area contributed by atoms with Gasteiger partial charge in [-0.2, -0.15) is 5.26 Å². The first-order valence-corrected chi connectivity index (χ1v) is 7.52. The third-order valence-corrected chi connectivity index (χ3v) is 3.84. The molecule has 0 fully saturated rings. The van der Waals surface area contributed by atoms with E-state index in [0.29, 0.717) is 11.3 Å². The van der Waals surface area contributed by atoms with Gasteiger partial charge in [0.2, 0.25) is 5.78 Å². The van der Waals surface area contributed by atoms with E-state index in [1.54, 1.807) is 30.3 Å². The molecular formula is C21H15NO2. The third kappa shape index (κ3) is 2.90. The van der Waals surface area contributed by atoms with Crippen LogP contribution in [0.25, 0.3) is 16.8 Å². The molecule has 0 radical (unpaired) electrons. The van der Waals surface area contributed by atoms with Crippen LogP contribution in [0.4, 0.5) is 0 Å². The van der Waals surface area contributed by atoms with E-state index in [0.717, 1.165) is 16.3 Å². The van der Waals surface area contributed by atoms with E-state index in [4.69, 9.17) is 4.74 Å². The second-order valence-corrected chi connectivity index (χ2v) is 5.27. The fourth-order valence-corrected chi connectivity index (χ4v) is 2.66. The van der Waals surface area contributed by atoms with Crippen molar-refractivity contribution >= 4 is 22.6 Å². The number of hydrogen-bond donors (Lipinski definition) is 0. The molecule has 116 valence electrons. The molecule has 3 rings (SSSR count). The minimum atomic E-state index is -0.345. The Morgan fingerprint density at radius 2 is 1.71 bits per heavy atom. The summed E-state index contributed by atoms with van der Waals surface area (Å²) in [6.45, 7) is 0. The molecule has 0 unspecified atom stereocenters. The zero-order valence-corrected chi connectivity index (χ0v) is 13.2. The minimum Gasteiger partial charge on any atom is -0.496 e. The zero-order chi connectivity index (χ0) is 16.9. The molecule has 3 aromatic carbocycles. The molecule has 0 aliphatic rings. The van der Waals surface area contributed by atoms with Crippen molar-refractivity contribution in [1.29, 1.82) is 5.26 Å². The number of para-hydroxylation sites is 1. The van der Waals surface area contributed by atoms with Crippen molar-refractivity contribution in [3.05, 3.63) is 83.4 Å². The first-order chi connectivity index (χ1) is 11.7. The molecule has 0 aromatic heterocycles. The second-order valence-electron chi connectivity index (χ2n) is 5.27. The number of nitriles is 1. The number of rotatable bonds is 4. The summed E-state index contributed by atoms with van der Waals surface area (Å²) in [6.07, 6.45) is 1.64. The van der Waals surface area contributed by atoms with E-state index in [2.05, 4.69) is 0 Å². The van der Waals surface area contributed by atoms with Crippen LogP contribution in [0.5, 0.6) is 5.75 Å². The molecule has 0 spiro atoms. The van der Waals surface area contributed by atoms with Gasteiger partial charge < -0.3 is 4.74 Å². The number of ketones is 1. The van der Waals surface area contributed by atoms with Crippen LogP contribution in [0.1, 0.15) is 15.9 Å². The number of benzene rings is 3. The van der Waals surface area contributed by atoms with Crippen LogP contribution < -0.4 is 4.74 Å². The van der Waals surface area contributed by atoms with E-state index in [9.17, 15) is 10.1 Å². The normalized spacial score (nSPS) is 11.1. The molecular weight excluding hydrogens is 298 g/mol. The van der Waals surface area contributed by atoms with E-state index < -0.39 is 0 Å². The van der Waals surface area contributed by atoms with Crippen LogP contribution in [-0.4, -0.2) is 12.9 Å². The average molecular weight is 313 g/mol. The standard InChI is InChI=1S/C21H15NO2/c1-24-20-12-5-4-11-19(20)21(23)17(14-22)13-16-9-6-8-15-7-2-3-10-18(15)16/h2-13H,1H3/b17-13+. The summed E-state index contributed by atoms with van der Waals surface area (Å²) in [5, 5.41) is 11.5. The zero-order valence-electron chi connectivity index (χ0n) is 13.2. The molecule has 0 saturated heterocycles. The summed E-state index contributed by atoms with van der Waals surface area (Å²) in [5.74, 6) is 0.115. The van der Waals surface area contributed by atoms with Crippen molar-refractivity contribution in [2.24, 2.45) is 0 Å². The maximum atomic E-state index is 12.7. The summed E-state index contributed by atoms with van der Waals surface area (Å²) in [4.78, 5) is 12.7. The summed E-state index contributed by atoms with van der Waals surface area (Å²) in [6, 6.07) is 22.6. The Hall–Kier alpha value is -3.38. The fraction of sp³-hybridized carbons (Fsp3) is 0.0476. The summed E-state index contributed by atoms with van der Waals surface area (Å²) < 4.78 is 5.22. The highest BCUT2D eigenvalue weighted by atomic mass is 16.5. The Morgan fingerprint density at radius 1 is 1.00 bits per heavy atom. The Morgan fingerprint density at radius 3 is 2.50 bits per heavy atom. The molecule has 0 atom stereocenters. The highest BCUT2D eigenvalue weighted by Crippen LogP contribution is 2.24. The lowest BCUT2D eigenvalue weighted by molar-refractivity contribution is 0.103. The molecule has 3 heteroatoms. The summed E-state index contributed by atoms with van der Waals surface area (Å²) >= 11 is 0. The molecule has 0 aliphatic heterocycles. The van der Waals surface area contributed by atoms with Crippen LogP contribution in [0.15, 0.2) is 72.3 Å². The van der Waals surface area contributed by atoms with Crippen LogP contribution in [0, 0.1) is 11.3 Å². The number of Topliss-reactive ketones (excluding diaryl/α,β-unsaturated/α-hetero) is 1. The summed E-state index contributed by atoms with van der Waals surface area (Å²) in [5.41, 5.74) is 1.30. The lowest BCUT2D eigenvalue weighted by atomic mass is 9.98. The predicted octanol–water partition coefficient (Wildman–Crippen LogP) is 4.64. The van der Waals surface area contributed by atoms with Crippen LogP contribution in [0.2, 0.25) is 0 Å². The molecule has 0 aliphatic carbocycles. The van der Waals surface area contributed by atoms with Gasteiger partial charge in [0.1, 0.15) is 17.4 Å². The largest absolute Gasteiger partial charge is 0.496 e. The van der Waals surface area contributed by atoms with Crippen LogP contribution in [0.3, 0.4) is 0 Å². The maximum Gasteiger partial charge on any atom is 0.207 e. The quantitative estimate of drug-likeness (QED) is 0.400. The second kappa shape index (κ2) is 6.80. The van der Waals surface area contributed by atoms with Gasteiger partial charge in [-0.3, -0.25) is 4.79 Å². The molecule has 0 N–H and O–H groups in total. The predicted molar refractivity (Wildman–Crippen MR) is 94.9 cm³/mol. The first kappa shape index (κ1) is 15.5. The Bertz CT molecular complexity index is 975. The van der Waals surface area contributed by atoms with Crippen molar-refractivity contribution < 1.29 is 9.53 Å². The lowest BCUT2D eigenvalue weighted by Crippen LogP contribution is -2.04. The smallest absolute Gasteiger partial charge is 0.207 e. The lowest BCUT2D eigenvalue weighted by Gasteiger charge is -2.07. The van der Waals surface area contributed by atoms with Gasteiger partial charge in [-0.15, -0.1) is 0 Å². The number of ether oxygens (including phenoxy) is 1. The monoisotopic (exact) mass is 313 g/mol. The van der Waals surface area contributed by atoms with Crippen molar-refractivity contribution in [3.63, 3.8) is 0 Å². The number of carbonyl (C=O) groups is 1. The Labute approximate surface area is 140 Å². The number of hydrogen-bond acceptors (Lipinski definition) is 3. The Balaban J connectivity index is 2.10. The van der Waals surface area contributed by atoms with Crippen molar-refractivity contribution in [3.8, 4) is 11.8 Å². The Kier molecular flexibility index (Phi) is 4.40. The van der Waals surface area contributed by atoms with Gasteiger partial charge in [0, 0.05) is 0 Å². The van der Waals surface area contributed by atoms with Gasteiger partial charge in [0.05, 0.1) is 12.7 Å². The number of fused-ring (bicyclic) bond motifs is 1. The molecule has 0 heterocycles. The van der Waals surface area contributed by atoms with Crippen molar-refractivity contribution in [2.75, 3.05) is 7.11 Å². The van der Waals surface area contributed by atoms with E-state index in [1.165, 1.54) is 7.11 Å². The highest BCUT2D eigenvalue weighted by molar-refractivity contribution is 6.16. The minimum absolute atomic E-state index is 0.0795. The van der Waals surface area contributed by atoms with Crippen molar-refractivity contribution in [2.45, 2.75) is 0 Å². The molecule has 3 nitrogen and oxygen atoms in total. The molecule has 24 heavy (non-hydrogen) atoms. The van der Waals surface area contributed by atoms with Gasteiger partial charge in [-0.25, -0.2) is 0 Å². The maximum absolute atomic E-state index is 12.7. The first-order valence-electron chi connectivity index (χ1n) is 7.52. The SMILES string of the molecule is COc1ccccc1C(=O)/C(C#N)=C/c1cccc2ccccc12. The average Bonchev–Trinajstić information content (AvgIpc) is 2.65. The molecule has 0 bridgehead atoms. The van der Waals surface area contributed by atoms with E-state index in [-0.39, 0.29) is 11.4 Å².